The van der Waals surface area contributed by atoms with E-state index in [1.54, 1.807) is 13.3 Å². The van der Waals surface area contributed by atoms with Crippen LogP contribution < -0.4 is 10.1 Å². The molecule has 0 saturated heterocycles. The Bertz CT molecular complexity index is 793. The van der Waals surface area contributed by atoms with E-state index in [0.717, 1.165) is 29.5 Å². The number of hydrogen-bond acceptors (Lipinski definition) is 2. The van der Waals surface area contributed by atoms with Gasteiger partial charge < -0.3 is 15.0 Å². The minimum absolute atomic E-state index is 0.0468. The average Bonchev–Trinajstić information content (AvgIpc) is 3.02. The number of carbonyl (C=O) groups is 1. The predicted octanol–water partition coefficient (Wildman–Crippen LogP) is 3.54. The van der Waals surface area contributed by atoms with Gasteiger partial charge in [0.25, 0.3) is 5.91 Å². The molecule has 0 bridgehead atoms. The molecule has 3 aromatic rings. The fourth-order valence-electron chi connectivity index (χ4n) is 2.65. The van der Waals surface area contributed by atoms with E-state index >= 15 is 0 Å². The first-order valence-corrected chi connectivity index (χ1v) is 7.75. The minimum atomic E-state index is -0.0468. The molecule has 0 radical (unpaired) electrons. The maximum atomic E-state index is 12.3. The molecule has 118 valence electrons. The Morgan fingerprint density at radius 2 is 2.00 bits per heavy atom. The molecule has 0 aliphatic rings. The number of aromatic amines is 1. The number of hydrogen-bond donors (Lipinski definition) is 2. The zero-order valence-electron chi connectivity index (χ0n) is 13.1. The first kappa shape index (κ1) is 15.2. The van der Waals surface area contributed by atoms with Crippen molar-refractivity contribution in [3.8, 4) is 5.75 Å². The molecule has 4 nitrogen and oxygen atoms in total. The molecule has 1 heterocycles. The van der Waals surface area contributed by atoms with Crippen molar-refractivity contribution in [3.05, 3.63) is 65.9 Å². The number of aromatic nitrogens is 1. The summed E-state index contributed by atoms with van der Waals surface area (Å²) in [5.41, 5.74) is 2.86. The number of aryl methyl sites for hydroxylation is 1. The lowest BCUT2D eigenvalue weighted by atomic mass is 10.1. The summed E-state index contributed by atoms with van der Waals surface area (Å²) in [6, 6.07) is 16.0. The first-order valence-electron chi connectivity index (χ1n) is 7.75. The van der Waals surface area contributed by atoms with Gasteiger partial charge in [0.05, 0.1) is 12.7 Å². The summed E-state index contributed by atoms with van der Waals surface area (Å²) in [5, 5.41) is 3.89. The Kier molecular flexibility index (Phi) is 4.62. The second-order valence-corrected chi connectivity index (χ2v) is 5.46. The molecular weight excluding hydrogens is 288 g/mol. The third kappa shape index (κ3) is 3.54. The highest BCUT2D eigenvalue weighted by Gasteiger charge is 2.11. The fourth-order valence-corrected chi connectivity index (χ4v) is 2.65. The van der Waals surface area contributed by atoms with Crippen molar-refractivity contribution in [1.29, 1.82) is 0 Å². The summed E-state index contributed by atoms with van der Waals surface area (Å²) in [7, 11) is 1.63. The molecule has 0 aliphatic carbocycles. The van der Waals surface area contributed by atoms with Gasteiger partial charge in [0, 0.05) is 29.7 Å². The van der Waals surface area contributed by atoms with E-state index in [1.807, 2.05) is 36.4 Å². The first-order chi connectivity index (χ1) is 11.3. The highest BCUT2D eigenvalue weighted by Crippen LogP contribution is 2.23. The number of methoxy groups -OCH3 is 1. The van der Waals surface area contributed by atoms with Gasteiger partial charge in [-0.25, -0.2) is 0 Å². The summed E-state index contributed by atoms with van der Waals surface area (Å²) >= 11 is 0. The van der Waals surface area contributed by atoms with Crippen LogP contribution in [0.3, 0.4) is 0 Å². The molecule has 3 rings (SSSR count). The number of nitrogens with one attached hydrogen (secondary N) is 2. The topological polar surface area (TPSA) is 54.1 Å². The molecule has 1 aromatic heterocycles. The average molecular weight is 308 g/mol. The molecule has 0 aliphatic heterocycles. The van der Waals surface area contributed by atoms with Gasteiger partial charge in [-0.05, 0) is 30.5 Å². The van der Waals surface area contributed by atoms with E-state index in [0.29, 0.717) is 12.1 Å². The molecule has 0 atom stereocenters. The maximum absolute atomic E-state index is 12.3. The maximum Gasteiger partial charge on any atom is 0.253 e. The Balaban J connectivity index is 1.58. The van der Waals surface area contributed by atoms with Crippen LogP contribution in [-0.4, -0.2) is 24.5 Å². The molecule has 2 N–H and O–H groups in total. The van der Waals surface area contributed by atoms with E-state index in [-0.39, 0.29) is 5.91 Å². The summed E-state index contributed by atoms with van der Waals surface area (Å²) in [4.78, 5) is 15.4. The van der Waals surface area contributed by atoms with Gasteiger partial charge in [0.2, 0.25) is 0 Å². The van der Waals surface area contributed by atoms with Crippen LogP contribution in [0.25, 0.3) is 10.9 Å². The van der Waals surface area contributed by atoms with Gasteiger partial charge in [-0.3, -0.25) is 4.79 Å². The normalized spacial score (nSPS) is 10.7. The van der Waals surface area contributed by atoms with E-state index in [2.05, 4.69) is 22.4 Å². The molecule has 0 saturated carbocycles. The number of benzene rings is 2. The zero-order chi connectivity index (χ0) is 16.1. The molecule has 1 amide bonds. The molecule has 0 unspecified atom stereocenters. The number of fused-ring (bicyclic) bond motifs is 1. The van der Waals surface area contributed by atoms with Crippen LogP contribution >= 0.6 is 0 Å². The monoisotopic (exact) mass is 308 g/mol. The number of ether oxygens (including phenoxy) is 1. The zero-order valence-corrected chi connectivity index (χ0v) is 13.1. The molecule has 4 heteroatoms. The summed E-state index contributed by atoms with van der Waals surface area (Å²) in [5.74, 6) is 0.726. The number of carbonyl (C=O) groups excluding carboxylic acids is 1. The van der Waals surface area contributed by atoms with Crippen molar-refractivity contribution in [3.63, 3.8) is 0 Å². The lowest BCUT2D eigenvalue weighted by molar-refractivity contribution is 0.0955. The Hall–Kier alpha value is -2.75. The second-order valence-electron chi connectivity index (χ2n) is 5.46. The van der Waals surface area contributed by atoms with Crippen molar-refractivity contribution in [2.24, 2.45) is 0 Å². The predicted molar refractivity (Wildman–Crippen MR) is 91.9 cm³/mol. The number of amides is 1. The van der Waals surface area contributed by atoms with Crippen LogP contribution in [0, 0.1) is 0 Å². The van der Waals surface area contributed by atoms with Crippen molar-refractivity contribution < 1.29 is 9.53 Å². The summed E-state index contributed by atoms with van der Waals surface area (Å²) < 4.78 is 5.19. The lowest BCUT2D eigenvalue weighted by Crippen LogP contribution is -2.24. The van der Waals surface area contributed by atoms with Crippen LogP contribution in [0.2, 0.25) is 0 Å². The Labute approximate surface area is 135 Å². The number of rotatable bonds is 6. The van der Waals surface area contributed by atoms with Crippen LogP contribution in [0.1, 0.15) is 22.3 Å². The molecule has 2 aromatic carbocycles. The van der Waals surface area contributed by atoms with Crippen LogP contribution in [0.5, 0.6) is 5.75 Å². The molecule has 0 spiro atoms. The SMILES string of the molecule is COc1ccc2c(C(=O)NCCCc3ccccc3)c[nH]c2c1. The van der Waals surface area contributed by atoms with E-state index in [9.17, 15) is 4.79 Å². The standard InChI is InChI=1S/C19H20N2O2/c1-23-15-9-10-16-17(13-21-18(16)12-15)19(22)20-11-5-8-14-6-3-2-4-7-14/h2-4,6-7,9-10,12-13,21H,5,8,11H2,1H3,(H,20,22). The highest BCUT2D eigenvalue weighted by atomic mass is 16.5. The molecule has 23 heavy (non-hydrogen) atoms. The van der Waals surface area contributed by atoms with Gasteiger partial charge in [-0.1, -0.05) is 30.3 Å². The van der Waals surface area contributed by atoms with Crippen molar-refractivity contribution in [2.75, 3.05) is 13.7 Å². The Morgan fingerprint density at radius 1 is 1.17 bits per heavy atom. The van der Waals surface area contributed by atoms with Gasteiger partial charge in [0.15, 0.2) is 0 Å². The summed E-state index contributed by atoms with van der Waals surface area (Å²) in [6.07, 6.45) is 3.63. The lowest BCUT2D eigenvalue weighted by Gasteiger charge is -2.05. The van der Waals surface area contributed by atoms with Crippen molar-refractivity contribution in [2.45, 2.75) is 12.8 Å². The van der Waals surface area contributed by atoms with Crippen LogP contribution in [-0.2, 0) is 6.42 Å². The van der Waals surface area contributed by atoms with Gasteiger partial charge >= 0.3 is 0 Å². The van der Waals surface area contributed by atoms with E-state index in [1.165, 1.54) is 5.56 Å². The van der Waals surface area contributed by atoms with E-state index < -0.39 is 0 Å². The third-order valence-electron chi connectivity index (χ3n) is 3.90. The quantitative estimate of drug-likeness (QED) is 0.684. The van der Waals surface area contributed by atoms with Gasteiger partial charge in [-0.15, -0.1) is 0 Å². The smallest absolute Gasteiger partial charge is 0.253 e. The van der Waals surface area contributed by atoms with Crippen molar-refractivity contribution >= 4 is 16.8 Å². The minimum Gasteiger partial charge on any atom is -0.497 e. The Morgan fingerprint density at radius 3 is 2.78 bits per heavy atom. The van der Waals surface area contributed by atoms with Crippen LogP contribution in [0.15, 0.2) is 54.7 Å². The fraction of sp³-hybridized carbons (Fsp3) is 0.211. The van der Waals surface area contributed by atoms with Crippen LogP contribution in [0.4, 0.5) is 0 Å². The largest absolute Gasteiger partial charge is 0.497 e. The third-order valence-corrected chi connectivity index (χ3v) is 3.90. The van der Waals surface area contributed by atoms with Crippen molar-refractivity contribution in [1.82, 2.24) is 10.3 Å². The second kappa shape index (κ2) is 7.01. The highest BCUT2D eigenvalue weighted by molar-refractivity contribution is 6.06. The molecular formula is C19H20N2O2. The molecule has 0 fully saturated rings. The van der Waals surface area contributed by atoms with Gasteiger partial charge in [-0.2, -0.15) is 0 Å². The summed E-state index contributed by atoms with van der Waals surface area (Å²) in [6.45, 7) is 0.663. The van der Waals surface area contributed by atoms with E-state index in [4.69, 9.17) is 4.74 Å². The van der Waals surface area contributed by atoms with Gasteiger partial charge in [0.1, 0.15) is 5.75 Å². The number of H-pyrrole nitrogens is 1.